The van der Waals surface area contributed by atoms with Crippen LogP contribution in [0.15, 0.2) is 30.6 Å². The number of benzene rings is 1. The van der Waals surface area contributed by atoms with Gasteiger partial charge in [0, 0.05) is 30.1 Å². The van der Waals surface area contributed by atoms with Gasteiger partial charge in [0.1, 0.15) is 18.0 Å². The van der Waals surface area contributed by atoms with Crippen LogP contribution in [0, 0.1) is 25.2 Å². The quantitative estimate of drug-likeness (QED) is 0.603. The van der Waals surface area contributed by atoms with Gasteiger partial charge >= 0.3 is 0 Å². The van der Waals surface area contributed by atoms with Crippen molar-refractivity contribution in [2.75, 3.05) is 11.9 Å². The van der Waals surface area contributed by atoms with Gasteiger partial charge in [-0.15, -0.1) is 0 Å². The van der Waals surface area contributed by atoms with Gasteiger partial charge in [-0.3, -0.25) is 4.68 Å². The van der Waals surface area contributed by atoms with E-state index in [-0.39, 0.29) is 12.3 Å². The summed E-state index contributed by atoms with van der Waals surface area (Å²) in [5.74, 6) is 0.582. The third-order valence-corrected chi connectivity index (χ3v) is 4.39. The van der Waals surface area contributed by atoms with Gasteiger partial charge in [0.15, 0.2) is 0 Å². The number of nitrogens with zero attached hydrogens (tertiary/aromatic N) is 5. The molecule has 1 atom stereocenters. The van der Waals surface area contributed by atoms with Crippen LogP contribution in [0.1, 0.15) is 18.1 Å². The molecule has 3 aromatic rings. The molecule has 2 heterocycles. The molecule has 0 aliphatic heterocycles. The van der Waals surface area contributed by atoms with E-state index in [9.17, 15) is 10.2 Å². The van der Waals surface area contributed by atoms with Crippen molar-refractivity contribution in [2.45, 2.75) is 33.4 Å². The van der Waals surface area contributed by atoms with Crippen LogP contribution >= 0.6 is 0 Å². The number of nitrogens with one attached hydrogen (secondary N) is 1. The number of aryl methyl sites for hydroxylation is 1. The van der Waals surface area contributed by atoms with Crippen molar-refractivity contribution in [3.05, 3.63) is 41.7 Å². The largest absolute Gasteiger partial charge is 0.508 e. The molecule has 28 heavy (non-hydrogen) atoms. The number of aromatic hydroxyl groups is 1. The summed E-state index contributed by atoms with van der Waals surface area (Å²) in [7, 11) is 0. The zero-order valence-corrected chi connectivity index (χ0v) is 16.0. The van der Waals surface area contributed by atoms with Gasteiger partial charge in [-0.1, -0.05) is 0 Å². The van der Waals surface area contributed by atoms with Crippen molar-refractivity contribution in [3.63, 3.8) is 0 Å². The smallest absolute Gasteiger partial charge is 0.223 e. The fraction of sp³-hybridized carbons (Fsp3) is 0.300. The van der Waals surface area contributed by atoms with E-state index < -0.39 is 6.10 Å². The van der Waals surface area contributed by atoms with E-state index in [1.807, 2.05) is 19.9 Å². The fourth-order valence-corrected chi connectivity index (χ4v) is 2.79. The summed E-state index contributed by atoms with van der Waals surface area (Å²) in [5.41, 5.74) is 4.46. The third kappa shape index (κ3) is 4.10. The lowest BCUT2D eigenvalue weighted by Gasteiger charge is -2.09. The van der Waals surface area contributed by atoms with Gasteiger partial charge in [0.05, 0.1) is 17.9 Å². The Morgan fingerprint density at radius 1 is 1.32 bits per heavy atom. The van der Waals surface area contributed by atoms with Crippen molar-refractivity contribution in [1.29, 1.82) is 5.26 Å². The minimum atomic E-state index is -0.528. The first-order valence-corrected chi connectivity index (χ1v) is 8.89. The predicted molar refractivity (Wildman–Crippen MR) is 106 cm³/mol. The first-order valence-electron chi connectivity index (χ1n) is 8.89. The van der Waals surface area contributed by atoms with Crippen LogP contribution < -0.4 is 5.32 Å². The number of nitriles is 1. The number of aliphatic hydroxyl groups excluding tert-OH is 1. The molecule has 0 saturated carbocycles. The molecule has 8 nitrogen and oxygen atoms in total. The highest BCUT2D eigenvalue weighted by Gasteiger charge is 2.17. The Kier molecular flexibility index (Phi) is 5.57. The van der Waals surface area contributed by atoms with Crippen LogP contribution in [0.5, 0.6) is 5.75 Å². The van der Waals surface area contributed by atoms with Gasteiger partial charge < -0.3 is 15.5 Å². The Morgan fingerprint density at radius 2 is 2.11 bits per heavy atom. The van der Waals surface area contributed by atoms with Crippen LogP contribution in [0.25, 0.3) is 22.5 Å². The maximum Gasteiger partial charge on any atom is 0.223 e. The molecule has 3 rings (SSSR count). The second-order valence-corrected chi connectivity index (χ2v) is 6.68. The molecule has 144 valence electrons. The molecule has 0 spiro atoms. The predicted octanol–water partition coefficient (Wildman–Crippen LogP) is 2.65. The molecule has 8 heteroatoms. The first kappa shape index (κ1) is 19.3. The molecule has 0 bridgehead atoms. The number of hydrogen-bond donors (Lipinski definition) is 3. The number of aromatic nitrogens is 4. The van der Waals surface area contributed by atoms with E-state index in [2.05, 4.69) is 26.5 Å². The lowest BCUT2D eigenvalue weighted by molar-refractivity contribution is 0.208. The Hall–Kier alpha value is -3.44. The van der Waals surface area contributed by atoms with Crippen molar-refractivity contribution < 1.29 is 10.2 Å². The summed E-state index contributed by atoms with van der Waals surface area (Å²) in [6.07, 6.45) is 2.85. The van der Waals surface area contributed by atoms with Gasteiger partial charge in [-0.25, -0.2) is 9.97 Å². The molecule has 0 fully saturated rings. The summed E-state index contributed by atoms with van der Waals surface area (Å²) in [4.78, 5) is 8.67. The first-order chi connectivity index (χ1) is 13.4. The van der Waals surface area contributed by atoms with Crippen molar-refractivity contribution in [2.24, 2.45) is 0 Å². The van der Waals surface area contributed by atoms with E-state index in [0.717, 1.165) is 22.3 Å². The molecule has 1 unspecified atom stereocenters. The maximum atomic E-state index is 10.2. The molecule has 0 amide bonds. The van der Waals surface area contributed by atoms with E-state index in [1.165, 1.54) is 0 Å². The molecule has 0 radical (unpaired) electrons. The van der Waals surface area contributed by atoms with Crippen molar-refractivity contribution in [1.82, 2.24) is 19.7 Å². The Bertz CT molecular complexity index is 1010. The van der Waals surface area contributed by atoms with Gasteiger partial charge in [-0.05, 0) is 50.1 Å². The number of rotatable bonds is 6. The molecule has 0 aliphatic carbocycles. The lowest BCUT2D eigenvalue weighted by Crippen LogP contribution is -2.16. The molecule has 2 aromatic heterocycles. The minimum absolute atomic E-state index is 0.0992. The molecule has 0 aliphatic rings. The van der Waals surface area contributed by atoms with E-state index >= 15 is 0 Å². The van der Waals surface area contributed by atoms with Crippen LogP contribution in [0.2, 0.25) is 0 Å². The number of anilines is 1. The Balaban J connectivity index is 2.09. The Labute approximate surface area is 163 Å². The highest BCUT2D eigenvalue weighted by Crippen LogP contribution is 2.34. The third-order valence-electron chi connectivity index (χ3n) is 4.39. The fourth-order valence-electron chi connectivity index (χ4n) is 2.79. The van der Waals surface area contributed by atoms with Gasteiger partial charge in [0.25, 0.3) is 0 Å². The summed E-state index contributed by atoms with van der Waals surface area (Å²) in [6.45, 7) is 5.88. The average Bonchev–Trinajstić information content (AvgIpc) is 3.08. The highest BCUT2D eigenvalue weighted by molar-refractivity contribution is 5.80. The Morgan fingerprint density at radius 3 is 2.79 bits per heavy atom. The number of phenolic OH excluding ortho intramolecular Hbond substituents is 1. The summed E-state index contributed by atoms with van der Waals surface area (Å²) < 4.78 is 1.54. The van der Waals surface area contributed by atoms with E-state index in [4.69, 9.17) is 5.26 Å². The lowest BCUT2D eigenvalue weighted by atomic mass is 10.00. The van der Waals surface area contributed by atoms with Crippen LogP contribution in [-0.4, -0.2) is 42.6 Å². The average molecular weight is 378 g/mol. The number of aliphatic hydroxyl groups is 1. The van der Waals surface area contributed by atoms with Crippen molar-refractivity contribution >= 4 is 5.95 Å². The zero-order valence-electron chi connectivity index (χ0n) is 16.0. The second kappa shape index (κ2) is 8.06. The molecule has 1 aromatic carbocycles. The standard InChI is InChI=1S/C20H22N6O2/c1-12-8-15(9-18(28)14(12)3)19-16(11-26(25-19)7-5-21)17-4-6-22-20(24-17)23-10-13(2)27/h4,6,8-9,11,13,27-28H,7,10H2,1-3H3,(H,22,23,24). The topological polar surface area (TPSA) is 120 Å². The van der Waals surface area contributed by atoms with Crippen LogP contribution in [0.3, 0.4) is 0 Å². The van der Waals surface area contributed by atoms with E-state index in [1.54, 1.807) is 36.1 Å². The zero-order chi connectivity index (χ0) is 20.3. The molecule has 3 N–H and O–H groups in total. The molecular formula is C20H22N6O2. The summed E-state index contributed by atoms with van der Waals surface area (Å²) in [5, 5.41) is 36.2. The second-order valence-electron chi connectivity index (χ2n) is 6.68. The van der Waals surface area contributed by atoms with Gasteiger partial charge in [-0.2, -0.15) is 10.4 Å². The summed E-state index contributed by atoms with van der Waals surface area (Å²) >= 11 is 0. The van der Waals surface area contributed by atoms with E-state index in [0.29, 0.717) is 23.9 Å². The number of hydrogen-bond acceptors (Lipinski definition) is 7. The highest BCUT2D eigenvalue weighted by atomic mass is 16.3. The molecule has 0 saturated heterocycles. The van der Waals surface area contributed by atoms with Crippen molar-refractivity contribution in [3.8, 4) is 34.3 Å². The normalized spacial score (nSPS) is 11.8. The summed E-state index contributed by atoms with van der Waals surface area (Å²) in [6, 6.07) is 7.45. The van der Waals surface area contributed by atoms with Gasteiger partial charge in [0.2, 0.25) is 5.95 Å². The maximum absolute atomic E-state index is 10.2. The number of phenols is 1. The monoisotopic (exact) mass is 378 g/mol. The minimum Gasteiger partial charge on any atom is -0.508 e. The van der Waals surface area contributed by atoms with Crippen LogP contribution in [-0.2, 0) is 6.54 Å². The van der Waals surface area contributed by atoms with Crippen LogP contribution in [0.4, 0.5) is 5.95 Å². The SMILES string of the molecule is Cc1cc(-c2nn(CC#N)cc2-c2ccnc(NCC(C)O)n2)cc(O)c1C. The molecular weight excluding hydrogens is 356 g/mol.